The quantitative estimate of drug-likeness (QED) is 0.726. The van der Waals surface area contributed by atoms with E-state index in [1.807, 2.05) is 12.4 Å². The number of anilines is 3. The number of nitrogens with zero attached hydrogens (tertiary/aromatic N) is 1. The molecule has 1 aromatic rings. The van der Waals surface area contributed by atoms with Crippen molar-refractivity contribution in [1.82, 2.24) is 0 Å². The third-order valence-electron chi connectivity index (χ3n) is 3.90. The van der Waals surface area contributed by atoms with Gasteiger partial charge in [0.05, 0.1) is 11.4 Å². The number of likely N-dealkylation sites (N-methyl/N-ethyl adjacent to an activating group) is 1. The van der Waals surface area contributed by atoms with Crippen LogP contribution in [0.5, 0.6) is 0 Å². The highest BCUT2D eigenvalue weighted by atomic mass is 32.1. The fraction of sp³-hybridized carbons (Fsp3) is 0.545. The van der Waals surface area contributed by atoms with Crippen molar-refractivity contribution >= 4 is 33.6 Å². The summed E-state index contributed by atoms with van der Waals surface area (Å²) in [5.74, 6) is 0.116. The molecule has 1 aliphatic heterocycles. The van der Waals surface area contributed by atoms with Crippen LogP contribution in [-0.2, 0) is 4.79 Å². The van der Waals surface area contributed by atoms with Crippen molar-refractivity contribution < 1.29 is 4.79 Å². The summed E-state index contributed by atoms with van der Waals surface area (Å²) in [6.07, 6.45) is 4.16. The Morgan fingerprint density at radius 2 is 2.19 bits per heavy atom. The predicted octanol–water partition coefficient (Wildman–Crippen LogP) is 2.03. The molecule has 1 saturated carbocycles. The summed E-state index contributed by atoms with van der Waals surface area (Å²) >= 11 is 1.49. The number of amides is 1. The summed E-state index contributed by atoms with van der Waals surface area (Å²) < 4.78 is 0. The van der Waals surface area contributed by atoms with E-state index in [1.165, 1.54) is 11.3 Å². The van der Waals surface area contributed by atoms with E-state index < -0.39 is 0 Å². The minimum Gasteiger partial charge on any atom is -0.389 e. The molecule has 4 nitrogen and oxygen atoms in total. The van der Waals surface area contributed by atoms with Crippen LogP contribution in [0.1, 0.15) is 25.7 Å². The Morgan fingerprint density at radius 3 is 2.88 bits per heavy atom. The van der Waals surface area contributed by atoms with E-state index in [0.29, 0.717) is 5.00 Å². The Morgan fingerprint density at radius 1 is 1.50 bits per heavy atom. The second-order valence-electron chi connectivity index (χ2n) is 4.61. The number of nitrogens with one attached hydrogen (secondary N) is 1. The lowest BCUT2D eigenvalue weighted by Gasteiger charge is -2.42. The first-order valence-corrected chi connectivity index (χ1v) is 6.45. The van der Waals surface area contributed by atoms with Gasteiger partial charge < -0.3 is 16.0 Å². The van der Waals surface area contributed by atoms with E-state index in [4.69, 9.17) is 5.73 Å². The molecule has 0 bridgehead atoms. The number of hydrogen-bond donors (Lipinski definition) is 2. The molecule has 0 saturated heterocycles. The average Bonchev–Trinajstić information content (AvgIpc) is 2.86. The molecule has 1 aliphatic carbocycles. The Bertz CT molecular complexity index is 448. The molecule has 3 N–H and O–H groups in total. The third kappa shape index (κ3) is 1.06. The fourth-order valence-corrected chi connectivity index (χ4v) is 3.66. The SMILES string of the molecule is CN1c2csc(N)c2NC(=O)C12CCCC2. The van der Waals surface area contributed by atoms with Crippen LogP contribution in [0, 0.1) is 0 Å². The highest BCUT2D eigenvalue weighted by Gasteiger charge is 2.48. The number of nitrogen functional groups attached to an aromatic ring is 1. The normalized spacial score (nSPS) is 22.3. The van der Waals surface area contributed by atoms with Gasteiger partial charge in [0.2, 0.25) is 5.91 Å². The maximum absolute atomic E-state index is 12.2. The molecular formula is C11H15N3OS. The maximum atomic E-state index is 12.2. The van der Waals surface area contributed by atoms with E-state index in [2.05, 4.69) is 10.2 Å². The Kier molecular flexibility index (Phi) is 1.95. The molecule has 2 aliphatic rings. The van der Waals surface area contributed by atoms with Crippen LogP contribution < -0.4 is 16.0 Å². The summed E-state index contributed by atoms with van der Waals surface area (Å²) in [6, 6.07) is 0. The van der Waals surface area contributed by atoms with Gasteiger partial charge in [-0.3, -0.25) is 4.79 Å². The highest BCUT2D eigenvalue weighted by Crippen LogP contribution is 2.48. The van der Waals surface area contributed by atoms with E-state index in [1.54, 1.807) is 0 Å². The number of nitrogens with two attached hydrogens (primary N) is 1. The van der Waals surface area contributed by atoms with Crippen LogP contribution in [0.3, 0.4) is 0 Å². The van der Waals surface area contributed by atoms with Crippen LogP contribution in [0.4, 0.5) is 16.4 Å². The van der Waals surface area contributed by atoms with Crippen LogP contribution in [0.25, 0.3) is 0 Å². The summed E-state index contributed by atoms with van der Waals surface area (Å²) in [7, 11) is 2.01. The summed E-state index contributed by atoms with van der Waals surface area (Å²) in [5.41, 5.74) is 7.41. The number of carbonyl (C=O) groups is 1. The monoisotopic (exact) mass is 237 g/mol. The summed E-state index contributed by atoms with van der Waals surface area (Å²) in [6.45, 7) is 0. The van der Waals surface area contributed by atoms with Gasteiger partial charge in [0, 0.05) is 12.4 Å². The van der Waals surface area contributed by atoms with Crippen LogP contribution >= 0.6 is 11.3 Å². The van der Waals surface area contributed by atoms with E-state index in [0.717, 1.165) is 37.1 Å². The van der Waals surface area contributed by atoms with Crippen molar-refractivity contribution in [1.29, 1.82) is 0 Å². The fourth-order valence-electron chi connectivity index (χ4n) is 2.87. The first-order chi connectivity index (χ1) is 7.65. The van der Waals surface area contributed by atoms with Gasteiger partial charge in [-0.1, -0.05) is 12.8 Å². The molecule has 16 heavy (non-hydrogen) atoms. The van der Waals surface area contributed by atoms with Gasteiger partial charge in [0.1, 0.15) is 10.5 Å². The zero-order chi connectivity index (χ0) is 11.3. The lowest BCUT2D eigenvalue weighted by atomic mass is 9.91. The molecule has 5 heteroatoms. The molecule has 0 unspecified atom stereocenters. The molecule has 2 heterocycles. The molecular weight excluding hydrogens is 222 g/mol. The number of fused-ring (bicyclic) bond motifs is 1. The minimum absolute atomic E-state index is 0.116. The van der Waals surface area contributed by atoms with Gasteiger partial charge in [-0.15, -0.1) is 11.3 Å². The van der Waals surface area contributed by atoms with Gasteiger partial charge in [0.25, 0.3) is 0 Å². The maximum Gasteiger partial charge on any atom is 0.250 e. The number of carbonyl (C=O) groups excluding carboxylic acids is 1. The Balaban J connectivity index is 2.11. The number of thiophene rings is 1. The van der Waals surface area contributed by atoms with Gasteiger partial charge >= 0.3 is 0 Å². The highest BCUT2D eigenvalue weighted by molar-refractivity contribution is 7.15. The summed E-state index contributed by atoms with van der Waals surface area (Å²) in [5, 5.41) is 5.71. The molecule has 86 valence electrons. The van der Waals surface area contributed by atoms with Gasteiger partial charge in [-0.25, -0.2) is 0 Å². The van der Waals surface area contributed by atoms with Crippen LogP contribution in [0.15, 0.2) is 5.38 Å². The molecule has 0 atom stereocenters. The van der Waals surface area contributed by atoms with Gasteiger partial charge in [0.15, 0.2) is 0 Å². The molecule has 1 spiro atoms. The van der Waals surface area contributed by atoms with Crippen LogP contribution in [-0.4, -0.2) is 18.5 Å². The van der Waals surface area contributed by atoms with Crippen molar-refractivity contribution in [2.75, 3.05) is 23.0 Å². The van der Waals surface area contributed by atoms with Crippen molar-refractivity contribution in [2.24, 2.45) is 0 Å². The Labute approximate surface area is 98.4 Å². The minimum atomic E-state index is -0.319. The van der Waals surface area contributed by atoms with Crippen molar-refractivity contribution in [3.63, 3.8) is 0 Å². The predicted molar refractivity (Wildman–Crippen MR) is 67.0 cm³/mol. The largest absolute Gasteiger partial charge is 0.389 e. The molecule has 0 radical (unpaired) electrons. The smallest absolute Gasteiger partial charge is 0.250 e. The van der Waals surface area contributed by atoms with E-state index >= 15 is 0 Å². The molecule has 0 aromatic carbocycles. The average molecular weight is 237 g/mol. The van der Waals surface area contributed by atoms with Crippen molar-refractivity contribution in [2.45, 2.75) is 31.2 Å². The second kappa shape index (κ2) is 3.13. The van der Waals surface area contributed by atoms with Gasteiger partial charge in [-0.2, -0.15) is 0 Å². The Hall–Kier alpha value is -1.23. The third-order valence-corrected chi connectivity index (χ3v) is 4.69. The molecule has 1 amide bonds. The van der Waals surface area contributed by atoms with E-state index in [-0.39, 0.29) is 11.4 Å². The number of rotatable bonds is 0. The standard InChI is InChI=1S/C11H15N3OS/c1-14-7-6-16-9(12)8(7)13-10(15)11(14)4-2-3-5-11/h6H,2-5,12H2,1H3,(H,13,15). The summed E-state index contributed by atoms with van der Waals surface area (Å²) in [4.78, 5) is 14.4. The lowest BCUT2D eigenvalue weighted by Crippen LogP contribution is -2.56. The zero-order valence-corrected chi connectivity index (χ0v) is 10.1. The topological polar surface area (TPSA) is 58.4 Å². The van der Waals surface area contributed by atoms with Crippen molar-refractivity contribution in [3.05, 3.63) is 5.38 Å². The lowest BCUT2D eigenvalue weighted by molar-refractivity contribution is -0.121. The molecule has 1 fully saturated rings. The van der Waals surface area contributed by atoms with Gasteiger partial charge in [-0.05, 0) is 12.8 Å². The first-order valence-electron chi connectivity index (χ1n) is 5.57. The van der Waals surface area contributed by atoms with Crippen molar-refractivity contribution in [3.8, 4) is 0 Å². The zero-order valence-electron chi connectivity index (χ0n) is 9.25. The number of hydrogen-bond acceptors (Lipinski definition) is 4. The van der Waals surface area contributed by atoms with E-state index in [9.17, 15) is 4.79 Å². The molecule has 3 rings (SSSR count). The molecule has 1 aromatic heterocycles. The second-order valence-corrected chi connectivity index (χ2v) is 5.52. The van der Waals surface area contributed by atoms with Crippen LogP contribution in [0.2, 0.25) is 0 Å². The first kappa shape index (κ1) is 9.96.